The summed E-state index contributed by atoms with van der Waals surface area (Å²) in [4.78, 5) is 4.85. The van der Waals surface area contributed by atoms with Gasteiger partial charge in [0.25, 0.3) is 0 Å². The molecule has 1 N–H and O–H groups in total. The second-order valence-corrected chi connectivity index (χ2v) is 8.48. The summed E-state index contributed by atoms with van der Waals surface area (Å²) in [7, 11) is -3.54. The van der Waals surface area contributed by atoms with Crippen molar-refractivity contribution in [2.24, 2.45) is 0 Å². The fourth-order valence-corrected chi connectivity index (χ4v) is 5.12. The molecule has 124 valence electrons. The minimum atomic E-state index is -3.54. The number of rotatable bonds is 5. The predicted molar refractivity (Wildman–Crippen MR) is 95.8 cm³/mol. The van der Waals surface area contributed by atoms with Gasteiger partial charge in [-0.05, 0) is 11.5 Å². The van der Waals surface area contributed by atoms with E-state index in [9.17, 15) is 8.42 Å². The van der Waals surface area contributed by atoms with E-state index in [1.165, 1.54) is 0 Å². The van der Waals surface area contributed by atoms with Crippen molar-refractivity contribution >= 4 is 32.6 Å². The SMILES string of the molecule is O=S(=O)(NCCc1cn2c(n1)SCC2)c1cccc2ccccc12. The van der Waals surface area contributed by atoms with Crippen LogP contribution in [0.15, 0.2) is 58.7 Å². The zero-order valence-corrected chi connectivity index (χ0v) is 14.6. The molecule has 3 aromatic rings. The first kappa shape index (κ1) is 15.7. The third kappa shape index (κ3) is 2.94. The Labute approximate surface area is 145 Å². The maximum Gasteiger partial charge on any atom is 0.241 e. The van der Waals surface area contributed by atoms with Crippen LogP contribution in [0, 0.1) is 0 Å². The van der Waals surface area contributed by atoms with Crippen LogP contribution in [0.3, 0.4) is 0 Å². The van der Waals surface area contributed by atoms with E-state index in [-0.39, 0.29) is 0 Å². The number of nitrogens with zero attached hydrogens (tertiary/aromatic N) is 2. The molecule has 4 rings (SSSR count). The Morgan fingerprint density at radius 2 is 2.00 bits per heavy atom. The van der Waals surface area contributed by atoms with Gasteiger partial charge < -0.3 is 4.57 Å². The minimum Gasteiger partial charge on any atom is -0.325 e. The summed E-state index contributed by atoms with van der Waals surface area (Å²) >= 11 is 1.74. The molecule has 0 saturated carbocycles. The number of hydrogen-bond donors (Lipinski definition) is 1. The van der Waals surface area contributed by atoms with Gasteiger partial charge in [0.15, 0.2) is 5.16 Å². The van der Waals surface area contributed by atoms with Gasteiger partial charge in [0.1, 0.15) is 0 Å². The van der Waals surface area contributed by atoms with Crippen LogP contribution in [0.1, 0.15) is 5.69 Å². The molecule has 24 heavy (non-hydrogen) atoms. The van der Waals surface area contributed by atoms with E-state index in [1.807, 2.05) is 36.5 Å². The lowest BCUT2D eigenvalue weighted by Crippen LogP contribution is -2.26. The van der Waals surface area contributed by atoms with E-state index in [0.29, 0.717) is 17.9 Å². The average Bonchev–Trinajstić information content (AvgIpc) is 3.15. The molecule has 0 aliphatic carbocycles. The van der Waals surface area contributed by atoms with Crippen molar-refractivity contribution in [2.75, 3.05) is 12.3 Å². The van der Waals surface area contributed by atoms with E-state index in [4.69, 9.17) is 0 Å². The van der Waals surface area contributed by atoms with Crippen LogP contribution in [0.2, 0.25) is 0 Å². The Hall–Kier alpha value is -1.83. The highest BCUT2D eigenvalue weighted by Crippen LogP contribution is 2.25. The van der Waals surface area contributed by atoms with Crippen molar-refractivity contribution in [3.63, 3.8) is 0 Å². The van der Waals surface area contributed by atoms with E-state index in [2.05, 4.69) is 14.3 Å². The van der Waals surface area contributed by atoms with Crippen LogP contribution in [0.25, 0.3) is 10.8 Å². The number of fused-ring (bicyclic) bond motifs is 2. The van der Waals surface area contributed by atoms with Gasteiger partial charge >= 0.3 is 0 Å². The molecule has 2 heterocycles. The zero-order valence-electron chi connectivity index (χ0n) is 13.0. The van der Waals surface area contributed by atoms with Gasteiger partial charge in [-0.3, -0.25) is 0 Å². The smallest absolute Gasteiger partial charge is 0.241 e. The monoisotopic (exact) mass is 359 g/mol. The normalized spacial score (nSPS) is 14.2. The summed E-state index contributed by atoms with van der Waals surface area (Å²) < 4.78 is 30.1. The van der Waals surface area contributed by atoms with E-state index in [0.717, 1.165) is 33.9 Å². The molecular weight excluding hydrogens is 342 g/mol. The van der Waals surface area contributed by atoms with Gasteiger partial charge in [0.05, 0.1) is 10.6 Å². The first-order chi connectivity index (χ1) is 11.6. The van der Waals surface area contributed by atoms with Gasteiger partial charge in [-0.15, -0.1) is 0 Å². The fraction of sp³-hybridized carbons (Fsp3) is 0.235. The highest BCUT2D eigenvalue weighted by Gasteiger charge is 2.18. The van der Waals surface area contributed by atoms with Crippen LogP contribution in [-0.4, -0.2) is 30.3 Å². The van der Waals surface area contributed by atoms with Crippen molar-refractivity contribution in [1.29, 1.82) is 0 Å². The lowest BCUT2D eigenvalue weighted by Gasteiger charge is -2.09. The lowest BCUT2D eigenvalue weighted by molar-refractivity contribution is 0.582. The van der Waals surface area contributed by atoms with Crippen LogP contribution in [0.4, 0.5) is 0 Å². The summed E-state index contributed by atoms with van der Waals surface area (Å²) in [6, 6.07) is 12.8. The molecule has 0 atom stereocenters. The quantitative estimate of drug-likeness (QED) is 0.761. The largest absolute Gasteiger partial charge is 0.325 e. The summed E-state index contributed by atoms with van der Waals surface area (Å²) in [5, 5.41) is 2.69. The zero-order chi connectivity index (χ0) is 16.6. The highest BCUT2D eigenvalue weighted by atomic mass is 32.2. The predicted octanol–water partition coefficient (Wildman–Crippen LogP) is 2.66. The number of benzene rings is 2. The highest BCUT2D eigenvalue weighted by molar-refractivity contribution is 7.99. The number of thioether (sulfide) groups is 1. The number of imidazole rings is 1. The van der Waals surface area contributed by atoms with Gasteiger partial charge in [0, 0.05) is 36.8 Å². The topological polar surface area (TPSA) is 64.0 Å². The van der Waals surface area contributed by atoms with E-state index in [1.54, 1.807) is 23.9 Å². The molecule has 1 aliphatic heterocycles. The number of aromatic nitrogens is 2. The van der Waals surface area contributed by atoms with Crippen LogP contribution in [-0.2, 0) is 23.0 Å². The molecule has 5 nitrogen and oxygen atoms in total. The van der Waals surface area contributed by atoms with Crippen molar-refractivity contribution in [3.05, 3.63) is 54.4 Å². The molecule has 0 saturated heterocycles. The number of hydrogen-bond acceptors (Lipinski definition) is 4. The summed E-state index contributed by atoms with van der Waals surface area (Å²) in [5.41, 5.74) is 0.929. The van der Waals surface area contributed by atoms with Gasteiger partial charge in [-0.1, -0.05) is 48.2 Å². The number of nitrogens with one attached hydrogen (secondary N) is 1. The van der Waals surface area contributed by atoms with Crippen LogP contribution < -0.4 is 4.72 Å². The first-order valence-corrected chi connectivity index (χ1v) is 10.3. The molecule has 1 aromatic heterocycles. The second-order valence-electron chi connectivity index (χ2n) is 5.68. The molecule has 7 heteroatoms. The van der Waals surface area contributed by atoms with Gasteiger partial charge in [-0.25, -0.2) is 18.1 Å². The molecular formula is C17H17N3O2S2. The van der Waals surface area contributed by atoms with Crippen LogP contribution >= 0.6 is 11.8 Å². The summed E-state index contributed by atoms with van der Waals surface area (Å²) in [6.45, 7) is 1.32. The molecule has 2 aromatic carbocycles. The standard InChI is InChI=1S/C17H17N3O2S2/c21-24(22,16-7-3-5-13-4-1-2-6-15(13)16)18-9-8-14-12-20-10-11-23-17(20)19-14/h1-7,12,18H,8-11H2. The number of sulfonamides is 1. The molecule has 1 aliphatic rings. The molecule has 0 radical (unpaired) electrons. The minimum absolute atomic E-state index is 0.323. The Morgan fingerprint density at radius 3 is 2.88 bits per heavy atom. The third-order valence-electron chi connectivity index (χ3n) is 4.07. The maximum atomic E-state index is 12.6. The Bertz CT molecular complexity index is 969. The lowest BCUT2D eigenvalue weighted by atomic mass is 10.1. The fourth-order valence-electron chi connectivity index (χ4n) is 2.90. The van der Waals surface area contributed by atoms with Crippen molar-refractivity contribution in [1.82, 2.24) is 14.3 Å². The van der Waals surface area contributed by atoms with Crippen molar-refractivity contribution in [3.8, 4) is 0 Å². The second kappa shape index (κ2) is 6.23. The van der Waals surface area contributed by atoms with Crippen LogP contribution in [0.5, 0.6) is 0 Å². The van der Waals surface area contributed by atoms with Gasteiger partial charge in [-0.2, -0.15) is 0 Å². The molecule has 0 amide bonds. The summed E-state index contributed by atoms with van der Waals surface area (Å²) in [6.07, 6.45) is 2.60. The van der Waals surface area contributed by atoms with E-state index < -0.39 is 10.0 Å². The Kier molecular flexibility index (Phi) is 4.07. The average molecular weight is 359 g/mol. The maximum absolute atomic E-state index is 12.6. The Balaban J connectivity index is 1.50. The molecule has 0 unspecified atom stereocenters. The Morgan fingerprint density at radius 1 is 1.17 bits per heavy atom. The van der Waals surface area contributed by atoms with Crippen molar-refractivity contribution in [2.45, 2.75) is 23.0 Å². The number of aryl methyl sites for hydroxylation is 1. The van der Waals surface area contributed by atoms with E-state index >= 15 is 0 Å². The molecule has 0 bridgehead atoms. The molecule has 0 fully saturated rings. The van der Waals surface area contributed by atoms with Crippen molar-refractivity contribution < 1.29 is 8.42 Å². The first-order valence-electron chi connectivity index (χ1n) is 7.80. The molecule has 0 spiro atoms. The summed E-state index contributed by atoms with van der Waals surface area (Å²) in [5.74, 6) is 1.07. The van der Waals surface area contributed by atoms with Gasteiger partial charge in [0.2, 0.25) is 10.0 Å². The third-order valence-corrected chi connectivity index (χ3v) is 6.56.